The molecule has 0 bridgehead atoms. The van der Waals surface area contributed by atoms with E-state index in [1.807, 2.05) is 29.2 Å². The molecule has 2 aromatic rings. The summed E-state index contributed by atoms with van der Waals surface area (Å²) in [5.74, 6) is 1.17. The number of aromatic nitrogens is 2. The van der Waals surface area contributed by atoms with Crippen LogP contribution >= 0.6 is 11.6 Å². The smallest absolute Gasteiger partial charge is 0.231 e. The van der Waals surface area contributed by atoms with Crippen LogP contribution in [0, 0.1) is 0 Å². The van der Waals surface area contributed by atoms with Gasteiger partial charge in [-0.15, -0.1) is 0 Å². The topological polar surface area (TPSA) is 72.8 Å². The fourth-order valence-corrected chi connectivity index (χ4v) is 5.97. The van der Waals surface area contributed by atoms with E-state index in [0.29, 0.717) is 24.5 Å². The molecule has 1 aromatic carbocycles. The Kier molecular flexibility index (Phi) is 6.29. The van der Waals surface area contributed by atoms with Crippen LogP contribution in [-0.4, -0.2) is 76.6 Å². The molecular formula is C25H32ClN5O2. The van der Waals surface area contributed by atoms with Crippen molar-refractivity contribution in [2.75, 3.05) is 44.7 Å². The maximum Gasteiger partial charge on any atom is 0.231 e. The van der Waals surface area contributed by atoms with Crippen molar-refractivity contribution in [1.29, 1.82) is 0 Å². The van der Waals surface area contributed by atoms with Gasteiger partial charge < -0.3 is 19.8 Å². The molecule has 7 nitrogen and oxygen atoms in total. The van der Waals surface area contributed by atoms with Gasteiger partial charge >= 0.3 is 0 Å². The Morgan fingerprint density at radius 2 is 1.85 bits per heavy atom. The number of rotatable bonds is 4. The number of halogens is 1. The zero-order chi connectivity index (χ0) is 23.1. The molecule has 3 aliphatic rings. The molecule has 4 atom stereocenters. The van der Waals surface area contributed by atoms with Crippen LogP contribution in [0.3, 0.4) is 0 Å². The molecule has 8 heteroatoms. The molecule has 2 aliphatic heterocycles. The summed E-state index contributed by atoms with van der Waals surface area (Å²) in [4.78, 5) is 29.3. The summed E-state index contributed by atoms with van der Waals surface area (Å²) in [6.07, 6.45) is 3.89. The Bertz CT molecular complexity index is 1010. The quantitative estimate of drug-likeness (QED) is 0.741. The Labute approximate surface area is 200 Å². The molecule has 5 rings (SSSR count). The highest BCUT2D eigenvalue weighted by atomic mass is 35.5. The largest absolute Gasteiger partial charge is 0.387 e. The summed E-state index contributed by atoms with van der Waals surface area (Å²) in [5.41, 5.74) is 2.87. The van der Waals surface area contributed by atoms with Gasteiger partial charge in [0.15, 0.2) is 0 Å². The van der Waals surface area contributed by atoms with Crippen molar-refractivity contribution >= 4 is 23.3 Å². The van der Waals surface area contributed by atoms with Crippen LogP contribution < -0.4 is 4.90 Å². The molecule has 0 radical (unpaired) electrons. The monoisotopic (exact) mass is 469 g/mol. The van der Waals surface area contributed by atoms with Crippen LogP contribution in [0.1, 0.15) is 60.9 Å². The number of benzene rings is 1. The zero-order valence-electron chi connectivity index (χ0n) is 19.3. The molecule has 0 spiro atoms. The average molecular weight is 470 g/mol. The second-order valence-electron chi connectivity index (χ2n) is 9.68. The van der Waals surface area contributed by atoms with Gasteiger partial charge in [-0.3, -0.25) is 4.79 Å². The molecule has 1 amide bonds. The highest BCUT2D eigenvalue weighted by Gasteiger charge is 2.39. The van der Waals surface area contributed by atoms with Crippen LogP contribution in [0.5, 0.6) is 0 Å². The summed E-state index contributed by atoms with van der Waals surface area (Å²) >= 11 is 6.13. The van der Waals surface area contributed by atoms with Crippen molar-refractivity contribution in [3.63, 3.8) is 0 Å². The molecular weight excluding hydrogens is 438 g/mol. The molecule has 2 fully saturated rings. The van der Waals surface area contributed by atoms with E-state index in [1.165, 1.54) is 0 Å². The molecule has 33 heavy (non-hydrogen) atoms. The summed E-state index contributed by atoms with van der Waals surface area (Å²) < 4.78 is 0. The summed E-state index contributed by atoms with van der Waals surface area (Å²) in [6, 6.07) is 7.99. The van der Waals surface area contributed by atoms with Crippen LogP contribution in [-0.2, 0) is 4.79 Å². The van der Waals surface area contributed by atoms with Gasteiger partial charge in [0.25, 0.3) is 0 Å². The van der Waals surface area contributed by atoms with E-state index in [9.17, 15) is 9.90 Å². The Balaban J connectivity index is 1.34. The normalized spacial score (nSPS) is 26.5. The second-order valence-corrected chi connectivity index (χ2v) is 10.1. The highest BCUT2D eigenvalue weighted by Crippen LogP contribution is 2.43. The average Bonchev–Trinajstić information content (AvgIpc) is 3.37. The predicted molar refractivity (Wildman–Crippen MR) is 129 cm³/mol. The van der Waals surface area contributed by atoms with Crippen molar-refractivity contribution in [2.24, 2.45) is 0 Å². The number of anilines is 1. The lowest BCUT2D eigenvalue weighted by Gasteiger charge is -2.39. The van der Waals surface area contributed by atoms with E-state index in [1.54, 1.807) is 6.33 Å². The van der Waals surface area contributed by atoms with E-state index in [0.717, 1.165) is 55.1 Å². The van der Waals surface area contributed by atoms with Gasteiger partial charge in [-0.25, -0.2) is 9.97 Å². The van der Waals surface area contributed by atoms with E-state index in [-0.39, 0.29) is 23.8 Å². The third kappa shape index (κ3) is 4.22. The molecule has 3 heterocycles. The number of hydrogen-bond acceptors (Lipinski definition) is 6. The molecule has 1 N–H and O–H groups in total. The number of aliphatic hydroxyl groups excluding tert-OH is 1. The van der Waals surface area contributed by atoms with Gasteiger partial charge in [-0.05, 0) is 56.5 Å². The van der Waals surface area contributed by atoms with Gasteiger partial charge in [0.2, 0.25) is 5.91 Å². The minimum absolute atomic E-state index is 0.181. The van der Waals surface area contributed by atoms with Crippen LogP contribution in [0.2, 0.25) is 5.02 Å². The number of likely N-dealkylation sites (tertiary alicyclic amines) is 1. The van der Waals surface area contributed by atoms with Crippen LogP contribution in [0.25, 0.3) is 0 Å². The number of fused-ring (bicyclic) bond motifs is 1. The first kappa shape index (κ1) is 22.6. The lowest BCUT2D eigenvalue weighted by molar-refractivity contribution is -0.134. The third-order valence-corrected chi connectivity index (χ3v) is 7.88. The first-order chi connectivity index (χ1) is 15.9. The van der Waals surface area contributed by atoms with Crippen molar-refractivity contribution in [3.8, 4) is 0 Å². The minimum Gasteiger partial charge on any atom is -0.387 e. The lowest BCUT2D eigenvalue weighted by Crippen LogP contribution is -2.52. The van der Waals surface area contributed by atoms with Gasteiger partial charge in [0.05, 0.1) is 17.7 Å². The van der Waals surface area contributed by atoms with E-state index in [4.69, 9.17) is 11.6 Å². The van der Waals surface area contributed by atoms with Gasteiger partial charge in [0.1, 0.15) is 12.1 Å². The van der Waals surface area contributed by atoms with Crippen molar-refractivity contribution in [2.45, 2.75) is 50.2 Å². The fourth-order valence-electron chi connectivity index (χ4n) is 5.85. The number of likely N-dealkylation sites (N-methyl/N-ethyl adjacent to an activating group) is 1. The third-order valence-electron chi connectivity index (χ3n) is 7.63. The predicted octanol–water partition coefficient (Wildman–Crippen LogP) is 3.20. The number of carbonyl (C=O) groups is 1. The lowest BCUT2D eigenvalue weighted by atomic mass is 9.88. The first-order valence-electron chi connectivity index (χ1n) is 12.0. The van der Waals surface area contributed by atoms with Gasteiger partial charge in [-0.1, -0.05) is 30.7 Å². The number of aliphatic hydroxyl groups is 1. The van der Waals surface area contributed by atoms with E-state index < -0.39 is 6.10 Å². The Morgan fingerprint density at radius 1 is 1.12 bits per heavy atom. The fraction of sp³-hybridized carbons (Fsp3) is 0.560. The number of carbonyl (C=O) groups excluding carboxylic acids is 1. The summed E-state index contributed by atoms with van der Waals surface area (Å²) in [7, 11) is 2.12. The standard InChI is InChI=1S/C25H32ClN5O2/c1-16-14-20(32)23-21(16)24(28-15-27-23)30-10-12-31(13-11-30)25(33)22(19-4-3-9-29(19)2)17-5-7-18(26)8-6-17/h5-8,15-16,19-20,22,32H,3-4,9-14H2,1-2H3/t16-,19?,20-,22?/m1/s1. The molecule has 2 unspecified atom stereocenters. The van der Waals surface area contributed by atoms with Crippen molar-refractivity contribution < 1.29 is 9.90 Å². The number of hydrogen-bond donors (Lipinski definition) is 1. The maximum absolute atomic E-state index is 13.8. The second kappa shape index (κ2) is 9.20. The Morgan fingerprint density at radius 3 is 2.52 bits per heavy atom. The van der Waals surface area contributed by atoms with Crippen molar-refractivity contribution in [3.05, 3.63) is 52.4 Å². The first-order valence-corrected chi connectivity index (χ1v) is 12.3. The molecule has 2 saturated heterocycles. The summed E-state index contributed by atoms with van der Waals surface area (Å²) in [6.45, 7) is 5.93. The van der Waals surface area contributed by atoms with Gasteiger partial charge in [0, 0.05) is 42.8 Å². The SMILES string of the molecule is C[C@@H]1C[C@@H](O)c2ncnc(N3CCN(C(=O)C(c4ccc(Cl)cc4)C4CCCN4C)CC3)c21. The molecule has 0 saturated carbocycles. The molecule has 176 valence electrons. The van der Waals surface area contributed by atoms with E-state index >= 15 is 0 Å². The minimum atomic E-state index is -0.511. The van der Waals surface area contributed by atoms with E-state index in [2.05, 4.69) is 33.7 Å². The number of nitrogens with zero attached hydrogens (tertiary/aromatic N) is 5. The number of piperazine rings is 1. The highest BCUT2D eigenvalue weighted by molar-refractivity contribution is 6.30. The Hall–Kier alpha value is -2.22. The maximum atomic E-state index is 13.8. The number of amides is 1. The van der Waals surface area contributed by atoms with Crippen LogP contribution in [0.15, 0.2) is 30.6 Å². The zero-order valence-corrected chi connectivity index (χ0v) is 20.1. The molecule has 1 aliphatic carbocycles. The van der Waals surface area contributed by atoms with Gasteiger partial charge in [-0.2, -0.15) is 0 Å². The molecule has 1 aromatic heterocycles. The van der Waals surface area contributed by atoms with Crippen LogP contribution in [0.4, 0.5) is 5.82 Å². The van der Waals surface area contributed by atoms with Crippen molar-refractivity contribution in [1.82, 2.24) is 19.8 Å². The summed E-state index contributed by atoms with van der Waals surface area (Å²) in [5, 5.41) is 11.0.